The number of nitrogens with zero attached hydrogens (tertiary/aromatic N) is 1. The molecule has 0 radical (unpaired) electrons. The first kappa shape index (κ1) is 22.3. The Bertz CT molecular complexity index is 735. The summed E-state index contributed by atoms with van der Waals surface area (Å²) in [6, 6.07) is 4.98. The van der Waals surface area contributed by atoms with Gasteiger partial charge in [0, 0.05) is 29.7 Å². The Morgan fingerprint density at radius 1 is 1.07 bits per heavy atom. The molecule has 148 valence electrons. The lowest BCUT2D eigenvalue weighted by molar-refractivity contribution is -0.125. The molecule has 27 heavy (non-hydrogen) atoms. The van der Waals surface area contributed by atoms with Crippen LogP contribution in [-0.2, 0) is 9.59 Å². The minimum absolute atomic E-state index is 0.0363. The molecule has 1 aromatic rings. The smallest absolute Gasteiger partial charge is 0.326 e. The van der Waals surface area contributed by atoms with Crippen molar-refractivity contribution < 1.29 is 14.4 Å². The van der Waals surface area contributed by atoms with E-state index in [9.17, 15) is 14.4 Å². The molecule has 0 heterocycles. The molecular weight excluding hydrogens is 346 g/mol. The summed E-state index contributed by atoms with van der Waals surface area (Å²) >= 11 is 0. The first-order valence-electron chi connectivity index (χ1n) is 8.75. The molecule has 0 aliphatic carbocycles. The van der Waals surface area contributed by atoms with Crippen LogP contribution in [0.3, 0.4) is 0 Å². The van der Waals surface area contributed by atoms with Crippen molar-refractivity contribution in [2.75, 3.05) is 5.32 Å². The molecule has 0 unspecified atom stereocenters. The van der Waals surface area contributed by atoms with Crippen molar-refractivity contribution in [1.82, 2.24) is 10.9 Å². The Labute approximate surface area is 159 Å². The van der Waals surface area contributed by atoms with Crippen LogP contribution in [0.1, 0.15) is 51.2 Å². The van der Waals surface area contributed by atoms with Crippen LogP contribution in [0.25, 0.3) is 0 Å². The summed E-state index contributed by atoms with van der Waals surface area (Å²) in [5, 5.41) is 6.75. The van der Waals surface area contributed by atoms with Crippen molar-refractivity contribution in [3.63, 3.8) is 0 Å². The molecule has 1 aromatic carbocycles. The summed E-state index contributed by atoms with van der Waals surface area (Å²) < 4.78 is 0. The molecule has 0 bridgehead atoms. The van der Waals surface area contributed by atoms with E-state index < -0.39 is 11.4 Å². The highest BCUT2D eigenvalue weighted by Gasteiger charge is 2.23. The minimum Gasteiger partial charge on any atom is -0.326 e. The SMILES string of the molecule is Cc1ccc(NC(=O)CCC(CC(=O)C(C)(C)C)=NNC(=O)NN)cc1C. The minimum atomic E-state index is -0.699. The van der Waals surface area contributed by atoms with Gasteiger partial charge in [-0.1, -0.05) is 26.8 Å². The van der Waals surface area contributed by atoms with Gasteiger partial charge in [-0.3, -0.25) is 15.0 Å². The zero-order chi connectivity index (χ0) is 20.6. The number of hydrogen-bond donors (Lipinski definition) is 4. The average Bonchev–Trinajstić information content (AvgIpc) is 2.59. The lowest BCUT2D eigenvalue weighted by atomic mass is 9.87. The second-order valence-corrected chi connectivity index (χ2v) is 7.46. The monoisotopic (exact) mass is 375 g/mol. The fourth-order valence-corrected chi connectivity index (χ4v) is 2.10. The fourth-order valence-electron chi connectivity index (χ4n) is 2.10. The number of Topliss-reactive ketones (excluding diaryl/α,β-unsaturated/α-hetero) is 1. The predicted molar refractivity (Wildman–Crippen MR) is 106 cm³/mol. The Balaban J connectivity index is 2.73. The van der Waals surface area contributed by atoms with E-state index in [4.69, 9.17) is 5.84 Å². The highest BCUT2D eigenvalue weighted by Crippen LogP contribution is 2.18. The Kier molecular flexibility index (Phi) is 8.11. The number of aryl methyl sites for hydroxylation is 2. The lowest BCUT2D eigenvalue weighted by Crippen LogP contribution is -2.38. The molecule has 0 aliphatic rings. The zero-order valence-corrected chi connectivity index (χ0v) is 16.6. The van der Waals surface area contributed by atoms with E-state index in [-0.39, 0.29) is 31.0 Å². The maximum Gasteiger partial charge on any atom is 0.349 e. The molecule has 0 saturated heterocycles. The van der Waals surface area contributed by atoms with Gasteiger partial charge in [-0.05, 0) is 43.5 Å². The summed E-state index contributed by atoms with van der Waals surface area (Å²) in [6.07, 6.45) is 0.420. The summed E-state index contributed by atoms with van der Waals surface area (Å²) in [5.74, 6) is 4.76. The van der Waals surface area contributed by atoms with Gasteiger partial charge in [0.1, 0.15) is 5.78 Å². The Morgan fingerprint density at radius 2 is 1.74 bits per heavy atom. The summed E-state index contributed by atoms with van der Waals surface area (Å²) in [5.41, 5.74) is 6.91. The van der Waals surface area contributed by atoms with Gasteiger partial charge in [0.25, 0.3) is 0 Å². The van der Waals surface area contributed by atoms with Crippen LogP contribution < -0.4 is 22.0 Å². The number of ketones is 1. The Morgan fingerprint density at radius 3 is 2.30 bits per heavy atom. The van der Waals surface area contributed by atoms with Crippen molar-refractivity contribution in [2.45, 2.75) is 53.9 Å². The third-order valence-electron chi connectivity index (χ3n) is 4.08. The van der Waals surface area contributed by atoms with Crippen LogP contribution in [0.15, 0.2) is 23.3 Å². The Hall–Kier alpha value is -2.74. The number of hydrazine groups is 1. The quantitative estimate of drug-likeness (QED) is 0.253. The zero-order valence-electron chi connectivity index (χ0n) is 16.6. The molecule has 0 aromatic heterocycles. The van der Waals surface area contributed by atoms with Gasteiger partial charge < -0.3 is 5.32 Å². The maximum absolute atomic E-state index is 12.3. The molecule has 0 spiro atoms. The van der Waals surface area contributed by atoms with Crippen LogP contribution >= 0.6 is 0 Å². The van der Waals surface area contributed by atoms with Crippen molar-refractivity contribution in [2.24, 2.45) is 16.4 Å². The largest absolute Gasteiger partial charge is 0.349 e. The van der Waals surface area contributed by atoms with E-state index in [0.29, 0.717) is 11.4 Å². The first-order chi connectivity index (χ1) is 12.5. The van der Waals surface area contributed by atoms with Gasteiger partial charge in [-0.15, -0.1) is 0 Å². The summed E-state index contributed by atoms with van der Waals surface area (Å²) in [6.45, 7) is 9.39. The third kappa shape index (κ3) is 8.00. The van der Waals surface area contributed by atoms with Gasteiger partial charge in [0.2, 0.25) is 5.91 Å². The van der Waals surface area contributed by atoms with E-state index in [2.05, 4.69) is 15.8 Å². The molecule has 3 amide bonds. The number of carbonyl (C=O) groups is 3. The van der Waals surface area contributed by atoms with E-state index >= 15 is 0 Å². The average molecular weight is 375 g/mol. The second kappa shape index (κ2) is 9.82. The number of carbonyl (C=O) groups excluding carboxylic acids is 3. The first-order valence-corrected chi connectivity index (χ1v) is 8.75. The molecule has 0 atom stereocenters. The van der Waals surface area contributed by atoms with Crippen molar-refractivity contribution in [3.8, 4) is 0 Å². The lowest BCUT2D eigenvalue weighted by Gasteiger charge is -2.17. The van der Waals surface area contributed by atoms with E-state index in [1.54, 1.807) is 20.8 Å². The van der Waals surface area contributed by atoms with Crippen LogP contribution in [0.2, 0.25) is 0 Å². The van der Waals surface area contributed by atoms with E-state index in [0.717, 1.165) is 11.1 Å². The number of hydrazone groups is 1. The highest BCUT2D eigenvalue weighted by atomic mass is 16.2. The number of nitrogens with two attached hydrogens (primary N) is 1. The predicted octanol–water partition coefficient (Wildman–Crippen LogP) is 2.56. The number of urea groups is 1. The fraction of sp³-hybridized carbons (Fsp3) is 0.474. The number of hydrogen-bond acceptors (Lipinski definition) is 5. The normalized spacial score (nSPS) is 11.7. The van der Waals surface area contributed by atoms with Gasteiger partial charge in [0.05, 0.1) is 0 Å². The van der Waals surface area contributed by atoms with Crippen LogP contribution in [-0.4, -0.2) is 23.4 Å². The van der Waals surface area contributed by atoms with Gasteiger partial charge >= 0.3 is 6.03 Å². The van der Waals surface area contributed by atoms with Crippen molar-refractivity contribution in [3.05, 3.63) is 29.3 Å². The van der Waals surface area contributed by atoms with Gasteiger partial charge in [-0.25, -0.2) is 16.1 Å². The maximum atomic E-state index is 12.3. The third-order valence-corrected chi connectivity index (χ3v) is 4.08. The molecular formula is C19H29N5O3. The summed E-state index contributed by atoms with van der Waals surface area (Å²) in [4.78, 5) is 35.7. The number of amides is 3. The van der Waals surface area contributed by atoms with Crippen molar-refractivity contribution >= 4 is 29.1 Å². The van der Waals surface area contributed by atoms with E-state index in [1.165, 1.54) is 0 Å². The molecule has 0 fully saturated rings. The highest BCUT2D eigenvalue weighted by molar-refractivity contribution is 6.05. The van der Waals surface area contributed by atoms with Crippen molar-refractivity contribution in [1.29, 1.82) is 0 Å². The molecule has 8 nitrogen and oxygen atoms in total. The number of anilines is 1. The van der Waals surface area contributed by atoms with Crippen LogP contribution in [0.5, 0.6) is 0 Å². The summed E-state index contributed by atoms with van der Waals surface area (Å²) in [7, 11) is 0. The van der Waals surface area contributed by atoms with Crippen LogP contribution in [0.4, 0.5) is 10.5 Å². The van der Waals surface area contributed by atoms with Gasteiger partial charge in [0.15, 0.2) is 0 Å². The standard InChI is InChI=1S/C19H29N5O3/c1-12-6-7-14(10-13(12)2)21-17(26)9-8-15(23-24-18(27)22-20)11-16(25)19(3,4)5/h6-7,10H,8-9,11,20H2,1-5H3,(H,21,26)(H2,22,24,27). The molecule has 0 aliphatic heterocycles. The van der Waals surface area contributed by atoms with Gasteiger partial charge in [-0.2, -0.15) is 5.10 Å². The molecule has 1 rings (SSSR count). The number of benzene rings is 1. The van der Waals surface area contributed by atoms with Crippen LogP contribution in [0, 0.1) is 19.3 Å². The molecule has 5 N–H and O–H groups in total. The molecule has 0 saturated carbocycles. The molecule has 8 heteroatoms. The van der Waals surface area contributed by atoms with E-state index in [1.807, 2.05) is 37.5 Å². The number of rotatable bonds is 7. The topological polar surface area (TPSA) is 126 Å². The second-order valence-electron chi connectivity index (χ2n) is 7.46. The number of nitrogens with one attached hydrogen (secondary N) is 3.